The molecule has 4 aromatic carbocycles. The number of ketones is 4. The average Bonchev–Trinajstić information content (AvgIpc) is 0.837. The summed E-state index contributed by atoms with van der Waals surface area (Å²) in [7, 11) is -40.2. The molecule has 0 aliphatic rings. The fraction of sp³-hybridized carbons (Fsp3) is 0.385. The van der Waals surface area contributed by atoms with E-state index in [1.54, 1.807) is 24.3 Å². The standard InChI is InChI=1S/C52H74N8O35P8/c1-34-2-4-44(5-3-34)93-25-37-10-45(94-23-35-6-38(47(63)17-53-49(65)21-59(30-100(81,82)83)31-101(84,85)86)12-40(8-35)51(67)55-15-42(61)19-57(26-96(69,70)71)27-97(72,73)74)14-46(11-37)95-24-36-7-39(48(64)18-54-50(66)22-60(32-102(87,88)89)33-103(90,91)92)13-41(9-36)52(68)56-16-43(62)20-58(28-98(75,76)77)29-99(78,79)80/h2-14H,15-33H2,1H3,(H,53,65)(H,54,66)(H,55,67)(H,56,68)(H2,69,70,71)(H2,72,73,74)(H2,75,76,77)(H2,78,79,80)(H2,81,82,83)(H2,84,85,86)(H2,87,88,89)(H2,90,91,92). The number of hydrogen-bond donors (Lipinski definition) is 20. The van der Waals surface area contributed by atoms with Gasteiger partial charge in [-0.2, -0.15) is 0 Å². The van der Waals surface area contributed by atoms with Gasteiger partial charge in [-0.15, -0.1) is 0 Å². The second-order valence-electron chi connectivity index (χ2n) is 22.9. The zero-order chi connectivity index (χ0) is 77.9. The maximum Gasteiger partial charge on any atom is 0.339 e. The Kier molecular flexibility index (Phi) is 33.3. The summed E-state index contributed by atoms with van der Waals surface area (Å²) >= 11 is 0. The van der Waals surface area contributed by atoms with E-state index in [0.29, 0.717) is 30.9 Å². The molecule has 4 rings (SSSR count). The third-order valence-corrected chi connectivity index (χ3v) is 18.9. The van der Waals surface area contributed by atoms with Gasteiger partial charge < -0.3 is 114 Å². The predicted molar refractivity (Wildman–Crippen MR) is 355 cm³/mol. The zero-order valence-corrected chi connectivity index (χ0v) is 60.9. The fourth-order valence-electron chi connectivity index (χ4n) is 9.07. The molecular weight excluding hydrogens is 1540 g/mol. The topological polar surface area (TPSA) is 686 Å². The number of Topliss-reactive ketones (excluding diaryl/α,β-unsaturated/α-hetero) is 4. The third kappa shape index (κ3) is 39.2. The van der Waals surface area contributed by atoms with Crippen molar-refractivity contribution in [2.75, 3.05) is 103 Å². The molecule has 43 nitrogen and oxygen atoms in total. The van der Waals surface area contributed by atoms with Crippen molar-refractivity contribution in [2.24, 2.45) is 0 Å². The molecule has 0 aromatic heterocycles. The van der Waals surface area contributed by atoms with Crippen molar-refractivity contribution in [3.05, 3.63) is 123 Å². The van der Waals surface area contributed by atoms with Gasteiger partial charge in [0.25, 0.3) is 11.8 Å². The SMILES string of the molecule is Cc1ccc(OCc2cc(OCc3cc(C(=O)CNC(=O)CN(CP(=O)(O)O)CP(=O)(O)O)cc(C(=O)NCC(=O)CN(CP(=O)(O)O)CP(=O)(O)O)c3)cc(OCc3cc(C(=O)CNC(=O)CN(CP(=O)(O)O)CP(=O)(O)O)cc(C(=O)NCC(=O)CN(CP(=O)(O)O)CP(=O)(O)O)c3)c2)cc1. The number of ether oxygens (including phenoxy) is 3. The lowest BCUT2D eigenvalue weighted by Crippen LogP contribution is -2.40. The molecule has 0 bridgehead atoms. The second kappa shape index (κ2) is 38.4. The van der Waals surface area contributed by atoms with Crippen molar-refractivity contribution in [2.45, 2.75) is 26.7 Å². The lowest BCUT2D eigenvalue weighted by Gasteiger charge is -2.22. The Balaban J connectivity index is 1.76. The van der Waals surface area contributed by atoms with Gasteiger partial charge in [0.15, 0.2) is 23.1 Å². The Labute approximate surface area is 583 Å². The monoisotopic (exact) mass is 1620 g/mol. The van der Waals surface area contributed by atoms with Crippen LogP contribution in [0, 0.1) is 6.92 Å². The first kappa shape index (κ1) is 89.3. The molecule has 0 saturated carbocycles. The first-order chi connectivity index (χ1) is 47.1. The Morgan fingerprint density at radius 3 is 0.874 bits per heavy atom. The summed E-state index contributed by atoms with van der Waals surface area (Å²) in [5.74, 6) is -8.45. The van der Waals surface area contributed by atoms with Gasteiger partial charge in [0, 0.05) is 28.3 Å². The summed E-state index contributed by atoms with van der Waals surface area (Å²) < 4.78 is 112. The van der Waals surface area contributed by atoms with Gasteiger partial charge >= 0.3 is 60.8 Å². The number of nitrogens with one attached hydrogen (secondary N) is 4. The molecule has 0 atom stereocenters. The summed E-state index contributed by atoms with van der Waals surface area (Å²) in [5.41, 5.74) is -0.512. The number of nitrogens with zero attached hydrogens (tertiary/aromatic N) is 4. The first-order valence-corrected chi connectivity index (χ1v) is 43.3. The van der Waals surface area contributed by atoms with Crippen molar-refractivity contribution >= 4 is 108 Å². The summed E-state index contributed by atoms with van der Waals surface area (Å²) in [4.78, 5) is 260. The van der Waals surface area contributed by atoms with E-state index in [4.69, 9.17) is 14.2 Å². The summed E-state index contributed by atoms with van der Waals surface area (Å²) in [5, 5.41) is 8.67. The van der Waals surface area contributed by atoms with E-state index in [1.165, 1.54) is 18.2 Å². The van der Waals surface area contributed by atoms with Gasteiger partial charge in [-0.1, -0.05) is 17.7 Å². The van der Waals surface area contributed by atoms with Crippen LogP contribution < -0.4 is 35.5 Å². The molecule has 0 aliphatic heterocycles. The minimum absolute atomic E-state index is 0.0364. The number of hydrogen-bond acceptors (Lipinski definition) is 23. The first-order valence-electron chi connectivity index (χ1n) is 28.9. The maximum absolute atomic E-state index is 13.8. The summed E-state index contributed by atoms with van der Waals surface area (Å²) in [6.07, 6.45) is -10.3. The van der Waals surface area contributed by atoms with E-state index in [1.807, 2.05) is 6.92 Å². The van der Waals surface area contributed by atoms with Gasteiger partial charge in [0.05, 0.1) is 52.4 Å². The van der Waals surface area contributed by atoms with Crippen LogP contribution in [0.5, 0.6) is 17.2 Å². The van der Waals surface area contributed by atoms with Crippen LogP contribution in [0.25, 0.3) is 0 Å². The largest absolute Gasteiger partial charge is 0.489 e. The second-order valence-corrected chi connectivity index (χ2v) is 35.8. The molecule has 0 spiro atoms. The van der Waals surface area contributed by atoms with Crippen LogP contribution in [-0.4, -0.2) is 247 Å². The molecule has 0 fully saturated rings. The molecule has 0 aliphatic carbocycles. The molecule has 0 radical (unpaired) electrons. The average molecular weight is 1620 g/mol. The van der Waals surface area contributed by atoms with E-state index in [2.05, 4.69) is 21.3 Å². The van der Waals surface area contributed by atoms with Crippen LogP contribution in [-0.2, 0) is 75.5 Å². The number of aryl methyl sites for hydroxylation is 1. The van der Waals surface area contributed by atoms with Crippen molar-refractivity contribution in [3.8, 4) is 17.2 Å². The molecular formula is C52H74N8O35P8. The quantitative estimate of drug-likeness (QED) is 0.0172. The molecule has 51 heteroatoms. The fourth-order valence-corrected chi connectivity index (χ4v) is 15.5. The highest BCUT2D eigenvalue weighted by Gasteiger charge is 2.32. The highest BCUT2D eigenvalue weighted by atomic mass is 31.2. The number of benzene rings is 4. The van der Waals surface area contributed by atoms with Crippen LogP contribution >= 0.6 is 60.8 Å². The minimum atomic E-state index is -5.03. The molecule has 0 unspecified atom stereocenters. The minimum Gasteiger partial charge on any atom is -0.489 e. The lowest BCUT2D eigenvalue weighted by molar-refractivity contribution is -0.122. The zero-order valence-electron chi connectivity index (χ0n) is 53.7. The van der Waals surface area contributed by atoms with Crippen molar-refractivity contribution in [3.63, 3.8) is 0 Å². The Morgan fingerprint density at radius 2 is 0.583 bits per heavy atom. The van der Waals surface area contributed by atoms with E-state index in [0.717, 1.165) is 42.0 Å². The highest BCUT2D eigenvalue weighted by molar-refractivity contribution is 7.54. The maximum atomic E-state index is 13.8. The van der Waals surface area contributed by atoms with Crippen LogP contribution in [0.4, 0.5) is 0 Å². The number of rotatable bonds is 45. The highest BCUT2D eigenvalue weighted by Crippen LogP contribution is 2.44. The summed E-state index contributed by atoms with van der Waals surface area (Å²) in [6.45, 7) is -7.50. The van der Waals surface area contributed by atoms with Crippen LogP contribution in [0.1, 0.15) is 63.7 Å². The predicted octanol–water partition coefficient (Wildman–Crippen LogP) is -1.78. The van der Waals surface area contributed by atoms with Gasteiger partial charge in [0.1, 0.15) is 87.4 Å². The molecule has 572 valence electrons. The van der Waals surface area contributed by atoms with E-state index < -0.39 is 235 Å². The number of carbonyl (C=O) groups is 8. The van der Waals surface area contributed by atoms with Crippen molar-refractivity contribution < 1.29 is 167 Å². The van der Waals surface area contributed by atoms with Gasteiger partial charge in [-0.05, 0) is 84.3 Å². The Bertz CT molecular complexity index is 3630. The van der Waals surface area contributed by atoms with Gasteiger partial charge in [0.2, 0.25) is 11.8 Å². The Hall–Kier alpha value is -6.12. The van der Waals surface area contributed by atoms with E-state index in [-0.39, 0.29) is 40.4 Å². The normalized spacial score (nSPS) is 12.7. The molecule has 0 heterocycles. The number of carbonyl (C=O) groups excluding carboxylic acids is 8. The Morgan fingerprint density at radius 1 is 0.320 bits per heavy atom. The van der Waals surface area contributed by atoms with Gasteiger partial charge in [-0.3, -0.25) is 94.5 Å². The lowest BCUT2D eigenvalue weighted by atomic mass is 10.0. The molecule has 103 heavy (non-hydrogen) atoms. The van der Waals surface area contributed by atoms with Crippen LogP contribution in [0.15, 0.2) is 78.9 Å². The smallest absolute Gasteiger partial charge is 0.339 e. The van der Waals surface area contributed by atoms with E-state index >= 15 is 0 Å². The van der Waals surface area contributed by atoms with Gasteiger partial charge in [-0.25, -0.2) is 0 Å². The van der Waals surface area contributed by atoms with Crippen molar-refractivity contribution in [1.82, 2.24) is 40.9 Å². The molecule has 4 amide bonds. The van der Waals surface area contributed by atoms with Crippen molar-refractivity contribution in [1.29, 1.82) is 0 Å². The van der Waals surface area contributed by atoms with Crippen LogP contribution in [0.3, 0.4) is 0 Å². The molecule has 4 aromatic rings. The summed E-state index contributed by atoms with van der Waals surface area (Å²) in [6, 6.07) is 17.4. The molecule has 0 saturated heterocycles. The van der Waals surface area contributed by atoms with E-state index in [9.17, 15) is 153 Å². The van der Waals surface area contributed by atoms with Crippen LogP contribution in [0.2, 0.25) is 0 Å². The molecule has 20 N–H and O–H groups in total. The number of amides is 4. The third-order valence-electron chi connectivity index (χ3n) is 12.7.